The highest BCUT2D eigenvalue weighted by molar-refractivity contribution is 6.43. The van der Waals surface area contributed by atoms with Crippen LogP contribution in [0.4, 0.5) is 10.5 Å². The van der Waals surface area contributed by atoms with E-state index in [4.69, 9.17) is 44.3 Å². The van der Waals surface area contributed by atoms with Crippen LogP contribution in [0.5, 0.6) is 11.5 Å². The Bertz CT molecular complexity index is 1070. The standard InChI is InChI=1S/C19H13Cl3N2O5/c1-28-15-7-9(6-14(22)16(15)29-2)5-11-17(25)23-19(27)24(18(11)26)10-3-4-12(20)13(21)8-10/h3-8H,1-2H3,(H,23,25,27)/b11-5+. The van der Waals surface area contributed by atoms with E-state index < -0.39 is 17.8 Å². The molecular formula is C19H13Cl3N2O5. The van der Waals surface area contributed by atoms with Crippen LogP contribution in [0.25, 0.3) is 6.08 Å². The molecule has 0 saturated carbocycles. The molecule has 0 bridgehead atoms. The molecule has 1 heterocycles. The highest BCUT2D eigenvalue weighted by atomic mass is 35.5. The molecule has 2 aromatic rings. The summed E-state index contributed by atoms with van der Waals surface area (Å²) in [4.78, 5) is 38.3. The van der Waals surface area contributed by atoms with E-state index in [1.54, 1.807) is 0 Å². The smallest absolute Gasteiger partial charge is 0.335 e. The van der Waals surface area contributed by atoms with Gasteiger partial charge in [0, 0.05) is 0 Å². The molecule has 1 aliphatic rings. The first-order chi connectivity index (χ1) is 13.8. The minimum Gasteiger partial charge on any atom is -0.493 e. The molecule has 0 spiro atoms. The number of methoxy groups -OCH3 is 2. The number of rotatable bonds is 4. The number of amides is 4. The van der Waals surface area contributed by atoms with Crippen LogP contribution in [0.2, 0.25) is 15.1 Å². The molecule has 4 amide bonds. The molecule has 1 N–H and O–H groups in total. The summed E-state index contributed by atoms with van der Waals surface area (Å²) in [6.07, 6.45) is 1.29. The summed E-state index contributed by atoms with van der Waals surface area (Å²) in [5.41, 5.74) is 0.277. The summed E-state index contributed by atoms with van der Waals surface area (Å²) >= 11 is 18.0. The first-order valence-corrected chi connectivity index (χ1v) is 9.18. The van der Waals surface area contributed by atoms with E-state index in [1.807, 2.05) is 0 Å². The third-order valence-electron chi connectivity index (χ3n) is 4.03. The van der Waals surface area contributed by atoms with Gasteiger partial charge in [-0.15, -0.1) is 0 Å². The molecule has 0 aromatic heterocycles. The van der Waals surface area contributed by atoms with Gasteiger partial charge < -0.3 is 9.47 Å². The number of hydrogen-bond acceptors (Lipinski definition) is 5. The number of hydrogen-bond donors (Lipinski definition) is 1. The second-order valence-corrected chi connectivity index (χ2v) is 7.02. The van der Waals surface area contributed by atoms with Gasteiger partial charge in [0.25, 0.3) is 11.8 Å². The molecule has 0 atom stereocenters. The van der Waals surface area contributed by atoms with E-state index in [0.717, 1.165) is 4.90 Å². The highest BCUT2D eigenvalue weighted by Crippen LogP contribution is 2.37. The van der Waals surface area contributed by atoms with Crippen molar-refractivity contribution in [2.75, 3.05) is 19.1 Å². The largest absolute Gasteiger partial charge is 0.493 e. The van der Waals surface area contributed by atoms with Crippen LogP contribution in [-0.4, -0.2) is 32.1 Å². The van der Waals surface area contributed by atoms with Crippen molar-refractivity contribution >= 4 is 64.4 Å². The Hall–Kier alpha value is -2.74. The van der Waals surface area contributed by atoms with E-state index in [2.05, 4.69) is 5.32 Å². The number of nitrogens with zero attached hydrogens (tertiary/aromatic N) is 1. The maximum absolute atomic E-state index is 12.9. The fourth-order valence-electron chi connectivity index (χ4n) is 2.70. The zero-order valence-corrected chi connectivity index (χ0v) is 17.4. The molecule has 150 valence electrons. The van der Waals surface area contributed by atoms with Crippen molar-refractivity contribution in [1.82, 2.24) is 5.32 Å². The highest BCUT2D eigenvalue weighted by Gasteiger charge is 2.37. The fourth-order valence-corrected chi connectivity index (χ4v) is 3.29. The lowest BCUT2D eigenvalue weighted by atomic mass is 10.1. The summed E-state index contributed by atoms with van der Waals surface area (Å²) in [5, 5.41) is 2.75. The van der Waals surface area contributed by atoms with Crippen molar-refractivity contribution in [3.63, 3.8) is 0 Å². The molecule has 1 fully saturated rings. The van der Waals surface area contributed by atoms with E-state index in [1.165, 1.54) is 50.6 Å². The number of urea groups is 1. The number of anilines is 1. The van der Waals surface area contributed by atoms with Gasteiger partial charge in [-0.05, 0) is 42.0 Å². The van der Waals surface area contributed by atoms with Gasteiger partial charge in [-0.25, -0.2) is 9.69 Å². The predicted molar refractivity (Wildman–Crippen MR) is 110 cm³/mol. The predicted octanol–water partition coefficient (Wildman–Crippen LogP) is 4.33. The van der Waals surface area contributed by atoms with Gasteiger partial charge in [0.05, 0.1) is 35.0 Å². The molecule has 3 rings (SSSR count). The van der Waals surface area contributed by atoms with Gasteiger partial charge >= 0.3 is 6.03 Å². The quantitative estimate of drug-likeness (QED) is 0.548. The van der Waals surface area contributed by atoms with Crippen LogP contribution >= 0.6 is 34.8 Å². The Morgan fingerprint density at radius 2 is 1.66 bits per heavy atom. The van der Waals surface area contributed by atoms with Gasteiger partial charge in [-0.1, -0.05) is 34.8 Å². The summed E-state index contributed by atoms with van der Waals surface area (Å²) in [7, 11) is 2.86. The Kier molecular flexibility index (Phi) is 6.02. The number of carbonyl (C=O) groups is 3. The van der Waals surface area contributed by atoms with Gasteiger partial charge in [0.2, 0.25) is 0 Å². The van der Waals surface area contributed by atoms with E-state index >= 15 is 0 Å². The maximum Gasteiger partial charge on any atom is 0.335 e. The van der Waals surface area contributed by atoms with Gasteiger partial charge in [-0.2, -0.15) is 0 Å². The first-order valence-electron chi connectivity index (χ1n) is 8.04. The Morgan fingerprint density at radius 1 is 0.931 bits per heavy atom. The van der Waals surface area contributed by atoms with E-state index in [0.29, 0.717) is 17.1 Å². The van der Waals surface area contributed by atoms with Gasteiger partial charge in [0.15, 0.2) is 11.5 Å². The van der Waals surface area contributed by atoms with Crippen LogP contribution < -0.4 is 19.7 Å². The molecule has 10 heteroatoms. The first kappa shape index (κ1) is 21.0. The van der Waals surface area contributed by atoms with Crippen LogP contribution in [0.15, 0.2) is 35.9 Å². The van der Waals surface area contributed by atoms with Crippen molar-refractivity contribution in [3.05, 3.63) is 56.5 Å². The van der Waals surface area contributed by atoms with Crippen molar-refractivity contribution < 1.29 is 23.9 Å². The number of carbonyl (C=O) groups excluding carboxylic acids is 3. The Morgan fingerprint density at radius 3 is 2.28 bits per heavy atom. The minimum absolute atomic E-state index is 0.152. The lowest BCUT2D eigenvalue weighted by Crippen LogP contribution is -2.54. The SMILES string of the molecule is COc1cc(/C=C2\C(=O)NC(=O)N(c3ccc(Cl)c(Cl)c3)C2=O)cc(Cl)c1OC. The van der Waals surface area contributed by atoms with E-state index in [9.17, 15) is 14.4 Å². The monoisotopic (exact) mass is 454 g/mol. The van der Waals surface area contributed by atoms with Crippen LogP contribution in [0.3, 0.4) is 0 Å². The molecular weight excluding hydrogens is 443 g/mol. The third-order valence-corrected chi connectivity index (χ3v) is 5.05. The number of ether oxygens (including phenoxy) is 2. The Labute approximate surface area is 180 Å². The normalized spacial score (nSPS) is 15.6. The van der Waals surface area contributed by atoms with Crippen molar-refractivity contribution in [2.45, 2.75) is 0 Å². The maximum atomic E-state index is 12.9. The lowest BCUT2D eigenvalue weighted by Gasteiger charge is -2.26. The van der Waals surface area contributed by atoms with Crippen molar-refractivity contribution in [1.29, 1.82) is 0 Å². The third kappa shape index (κ3) is 4.03. The minimum atomic E-state index is -0.902. The average Bonchev–Trinajstić information content (AvgIpc) is 2.67. The molecule has 0 unspecified atom stereocenters. The number of benzene rings is 2. The summed E-state index contributed by atoms with van der Waals surface area (Å²) in [6, 6.07) is 6.36. The topological polar surface area (TPSA) is 84.9 Å². The van der Waals surface area contributed by atoms with Crippen LogP contribution in [0, 0.1) is 0 Å². The van der Waals surface area contributed by atoms with Crippen molar-refractivity contribution in [2.24, 2.45) is 0 Å². The summed E-state index contributed by atoms with van der Waals surface area (Å²) < 4.78 is 10.4. The average molecular weight is 456 g/mol. The second-order valence-electron chi connectivity index (χ2n) is 5.79. The summed E-state index contributed by atoms with van der Waals surface area (Å²) in [6.45, 7) is 0. The second kappa shape index (κ2) is 8.32. The molecule has 7 nitrogen and oxygen atoms in total. The molecule has 1 aliphatic heterocycles. The van der Waals surface area contributed by atoms with Crippen molar-refractivity contribution in [3.8, 4) is 11.5 Å². The van der Waals surface area contributed by atoms with Gasteiger partial charge in [0.1, 0.15) is 5.57 Å². The molecule has 29 heavy (non-hydrogen) atoms. The number of halogens is 3. The van der Waals surface area contributed by atoms with Crippen LogP contribution in [0.1, 0.15) is 5.56 Å². The molecule has 0 radical (unpaired) electrons. The zero-order chi connectivity index (χ0) is 21.3. The lowest BCUT2D eigenvalue weighted by molar-refractivity contribution is -0.122. The number of imide groups is 2. The van der Waals surface area contributed by atoms with Crippen LogP contribution in [-0.2, 0) is 9.59 Å². The van der Waals surface area contributed by atoms with Gasteiger partial charge in [-0.3, -0.25) is 14.9 Å². The summed E-state index contributed by atoms with van der Waals surface area (Å²) in [5.74, 6) is -1.05. The molecule has 0 aliphatic carbocycles. The Balaban J connectivity index is 2.06. The molecule has 1 saturated heterocycles. The van der Waals surface area contributed by atoms with E-state index in [-0.39, 0.29) is 26.3 Å². The molecule has 2 aromatic carbocycles. The number of nitrogens with one attached hydrogen (secondary N) is 1. The zero-order valence-electron chi connectivity index (χ0n) is 15.1. The number of barbiturate groups is 1. The fraction of sp³-hybridized carbons (Fsp3) is 0.105.